The highest BCUT2D eigenvalue weighted by molar-refractivity contribution is 4.98. The van der Waals surface area contributed by atoms with E-state index in [9.17, 15) is 10.1 Å². The summed E-state index contributed by atoms with van der Waals surface area (Å²) in [6.07, 6.45) is 1.14. The van der Waals surface area contributed by atoms with Crippen molar-refractivity contribution in [3.63, 3.8) is 0 Å². The molecular formula is C3H4N4O2. The molecular weight excluding hydrogens is 124 g/mol. The molecule has 0 aromatic carbocycles. The van der Waals surface area contributed by atoms with Crippen LogP contribution in [-0.2, 0) is 7.05 Å². The number of aromatic nitrogens is 3. The fourth-order valence-electron chi connectivity index (χ4n) is 0.455. The second-order valence-corrected chi connectivity index (χ2v) is 1.44. The Morgan fingerprint density at radius 1 is 1.89 bits per heavy atom. The van der Waals surface area contributed by atoms with E-state index >= 15 is 0 Å². The molecule has 0 amide bonds. The van der Waals surface area contributed by atoms with Gasteiger partial charge < -0.3 is 10.1 Å². The Labute approximate surface area is 50.3 Å². The van der Waals surface area contributed by atoms with Crippen molar-refractivity contribution >= 4 is 5.95 Å². The van der Waals surface area contributed by atoms with E-state index in [0.29, 0.717) is 0 Å². The van der Waals surface area contributed by atoms with Crippen molar-refractivity contribution in [3.8, 4) is 0 Å². The normalized spacial score (nSPS) is 9.44. The third kappa shape index (κ3) is 0.857. The van der Waals surface area contributed by atoms with E-state index in [2.05, 4.69) is 10.1 Å². The number of nitrogens with zero attached hydrogens (tertiary/aromatic N) is 4. The summed E-state index contributed by atoms with van der Waals surface area (Å²) in [4.78, 5) is 12.7. The summed E-state index contributed by atoms with van der Waals surface area (Å²) in [5, 5.41) is 13.5. The number of hydrogen-bond acceptors (Lipinski definition) is 4. The molecule has 1 aromatic rings. The van der Waals surface area contributed by atoms with E-state index in [1.165, 1.54) is 7.05 Å². The van der Waals surface area contributed by atoms with Crippen molar-refractivity contribution in [1.82, 2.24) is 14.8 Å². The van der Waals surface area contributed by atoms with Crippen molar-refractivity contribution in [2.24, 2.45) is 7.05 Å². The number of aryl methyl sites for hydroxylation is 1. The Balaban J connectivity index is 3.08. The average Bonchev–Trinajstić information content (AvgIpc) is 2.13. The third-order valence-corrected chi connectivity index (χ3v) is 0.851. The van der Waals surface area contributed by atoms with Gasteiger partial charge in [-0.1, -0.05) is 10.1 Å². The van der Waals surface area contributed by atoms with Gasteiger partial charge in [0, 0.05) is 0 Å². The molecule has 0 unspecified atom stereocenters. The first-order valence-corrected chi connectivity index (χ1v) is 2.20. The standard InChI is InChI=1S/C3H4N4O2/c1-6-3(7(8)9)4-2-5-6/h2H,1H3. The molecule has 0 N–H and O–H groups in total. The highest BCUT2D eigenvalue weighted by Gasteiger charge is 2.09. The molecule has 0 aliphatic rings. The fraction of sp³-hybridized carbons (Fsp3) is 0.333. The second-order valence-electron chi connectivity index (χ2n) is 1.44. The van der Waals surface area contributed by atoms with Gasteiger partial charge in [0.25, 0.3) is 0 Å². The molecule has 6 heteroatoms. The van der Waals surface area contributed by atoms with E-state index in [1.54, 1.807) is 0 Å². The molecule has 9 heavy (non-hydrogen) atoms. The topological polar surface area (TPSA) is 73.8 Å². The van der Waals surface area contributed by atoms with E-state index < -0.39 is 4.92 Å². The highest BCUT2D eigenvalue weighted by Crippen LogP contribution is 1.99. The molecule has 1 aromatic heterocycles. The lowest BCUT2D eigenvalue weighted by molar-refractivity contribution is -0.396. The first kappa shape index (κ1) is 5.67. The van der Waals surface area contributed by atoms with Gasteiger partial charge in [0.05, 0.1) is 7.05 Å². The molecule has 6 nitrogen and oxygen atoms in total. The lowest BCUT2D eigenvalue weighted by Gasteiger charge is -1.88. The maximum absolute atomic E-state index is 9.97. The lowest BCUT2D eigenvalue weighted by atomic mass is 11.0. The van der Waals surface area contributed by atoms with Crippen LogP contribution in [-0.4, -0.2) is 19.7 Å². The smallest absolute Gasteiger partial charge is 0.390 e. The summed E-state index contributed by atoms with van der Waals surface area (Å²) in [6, 6.07) is 0. The van der Waals surface area contributed by atoms with Crippen LogP contribution in [0.15, 0.2) is 6.33 Å². The minimum absolute atomic E-state index is 0.241. The number of rotatable bonds is 1. The van der Waals surface area contributed by atoms with Gasteiger partial charge in [-0.25, -0.2) is 0 Å². The summed E-state index contributed by atoms with van der Waals surface area (Å²) in [6.45, 7) is 0. The molecule has 1 rings (SSSR count). The van der Waals surface area contributed by atoms with E-state index in [1.807, 2.05) is 0 Å². The van der Waals surface area contributed by atoms with Gasteiger partial charge in [0.1, 0.15) is 0 Å². The lowest BCUT2D eigenvalue weighted by Crippen LogP contribution is -1.98. The molecule has 0 saturated heterocycles. The van der Waals surface area contributed by atoms with Crippen LogP contribution in [0, 0.1) is 10.1 Å². The van der Waals surface area contributed by atoms with Gasteiger partial charge in [-0.2, -0.15) is 0 Å². The van der Waals surface area contributed by atoms with Crippen molar-refractivity contribution in [3.05, 3.63) is 16.4 Å². The SMILES string of the molecule is Cn1ncnc1[N+](=O)[O-]. The molecule has 0 radical (unpaired) electrons. The molecule has 48 valence electrons. The van der Waals surface area contributed by atoms with Crippen LogP contribution in [0.2, 0.25) is 0 Å². The average molecular weight is 128 g/mol. The summed E-state index contributed by atoms with van der Waals surface area (Å²) in [5.74, 6) is -0.241. The van der Waals surface area contributed by atoms with Crippen LogP contribution in [0.25, 0.3) is 0 Å². The van der Waals surface area contributed by atoms with E-state index in [4.69, 9.17) is 0 Å². The Morgan fingerprint density at radius 2 is 2.56 bits per heavy atom. The van der Waals surface area contributed by atoms with E-state index in [-0.39, 0.29) is 5.95 Å². The third-order valence-electron chi connectivity index (χ3n) is 0.851. The minimum Gasteiger partial charge on any atom is -0.390 e. The van der Waals surface area contributed by atoms with Crippen molar-refractivity contribution in [2.75, 3.05) is 0 Å². The Morgan fingerprint density at radius 3 is 2.78 bits per heavy atom. The molecule has 0 spiro atoms. The van der Waals surface area contributed by atoms with Crippen LogP contribution >= 0.6 is 0 Å². The summed E-state index contributed by atoms with van der Waals surface area (Å²) in [7, 11) is 1.46. The van der Waals surface area contributed by atoms with Crippen molar-refractivity contribution < 1.29 is 4.92 Å². The summed E-state index contributed by atoms with van der Waals surface area (Å²) < 4.78 is 1.10. The Hall–Kier alpha value is -1.46. The minimum atomic E-state index is -0.590. The summed E-state index contributed by atoms with van der Waals surface area (Å²) in [5.41, 5.74) is 0. The van der Waals surface area contributed by atoms with E-state index in [0.717, 1.165) is 11.0 Å². The maximum Gasteiger partial charge on any atom is 0.455 e. The fourth-order valence-corrected chi connectivity index (χ4v) is 0.455. The van der Waals surface area contributed by atoms with Crippen LogP contribution in [0.3, 0.4) is 0 Å². The van der Waals surface area contributed by atoms with Gasteiger partial charge in [-0.15, -0.1) is 4.68 Å². The van der Waals surface area contributed by atoms with Gasteiger partial charge >= 0.3 is 5.95 Å². The molecule has 0 aliphatic heterocycles. The van der Waals surface area contributed by atoms with Crippen LogP contribution in [0.5, 0.6) is 0 Å². The predicted octanol–water partition coefficient (Wildman–Crippen LogP) is -0.277. The maximum atomic E-state index is 9.97. The highest BCUT2D eigenvalue weighted by atomic mass is 16.6. The monoisotopic (exact) mass is 128 g/mol. The van der Waals surface area contributed by atoms with Crippen molar-refractivity contribution in [2.45, 2.75) is 0 Å². The zero-order valence-corrected chi connectivity index (χ0v) is 4.68. The molecule has 0 bridgehead atoms. The molecule has 0 saturated carbocycles. The largest absolute Gasteiger partial charge is 0.455 e. The predicted molar refractivity (Wildman–Crippen MR) is 27.7 cm³/mol. The van der Waals surface area contributed by atoms with Crippen LogP contribution < -0.4 is 0 Å². The first-order valence-electron chi connectivity index (χ1n) is 2.20. The quantitative estimate of drug-likeness (QED) is 0.385. The van der Waals surface area contributed by atoms with Crippen molar-refractivity contribution in [1.29, 1.82) is 0 Å². The van der Waals surface area contributed by atoms with Gasteiger partial charge in [0.15, 0.2) is 0 Å². The van der Waals surface area contributed by atoms with Gasteiger partial charge in [-0.3, -0.25) is 0 Å². The van der Waals surface area contributed by atoms with Gasteiger partial charge in [0.2, 0.25) is 6.33 Å². The summed E-state index contributed by atoms with van der Waals surface area (Å²) >= 11 is 0. The Bertz CT molecular complexity index is 229. The molecule has 0 atom stereocenters. The Kier molecular flexibility index (Phi) is 1.14. The molecule has 1 heterocycles. The second kappa shape index (κ2) is 1.81. The van der Waals surface area contributed by atoms with Crippen LogP contribution in [0.1, 0.15) is 0 Å². The zero-order chi connectivity index (χ0) is 6.85. The van der Waals surface area contributed by atoms with Gasteiger partial charge in [-0.05, 0) is 4.92 Å². The zero-order valence-electron chi connectivity index (χ0n) is 4.68. The number of nitro groups is 1. The van der Waals surface area contributed by atoms with Crippen LogP contribution in [0.4, 0.5) is 5.95 Å². The number of hydrogen-bond donors (Lipinski definition) is 0. The first-order chi connectivity index (χ1) is 4.22. The molecule has 0 fully saturated rings. The molecule has 0 aliphatic carbocycles.